The molecule has 1 amide bonds. The van der Waals surface area contributed by atoms with Crippen molar-refractivity contribution in [3.8, 4) is 28.1 Å². The second-order valence-electron chi connectivity index (χ2n) is 7.62. The van der Waals surface area contributed by atoms with Crippen molar-refractivity contribution in [1.82, 2.24) is 29.7 Å². The number of pyridine rings is 2. The summed E-state index contributed by atoms with van der Waals surface area (Å²) in [7, 11) is 3.91. The number of carbonyl (C=O) groups is 1. The molecule has 0 unspecified atom stereocenters. The normalized spacial score (nSPS) is 10.8. The standard InChI is InChI=1S/C23H24N8O/c1-14-22(17-6-7-21(26-11-17)30(4)5)15(2)31(29-14)20-10-18(19-13-24-8-9-25-19)12-27-23(20)28-16(3)32/h6-13H,1-5H3,(H,27,28,32). The molecule has 0 saturated heterocycles. The van der Waals surface area contributed by atoms with Crippen molar-refractivity contribution in [3.63, 3.8) is 0 Å². The van der Waals surface area contributed by atoms with Crippen molar-refractivity contribution < 1.29 is 4.79 Å². The Balaban J connectivity index is 1.85. The summed E-state index contributed by atoms with van der Waals surface area (Å²) >= 11 is 0. The fourth-order valence-corrected chi connectivity index (χ4v) is 3.56. The van der Waals surface area contributed by atoms with Gasteiger partial charge in [-0.1, -0.05) is 0 Å². The maximum Gasteiger partial charge on any atom is 0.222 e. The summed E-state index contributed by atoms with van der Waals surface area (Å²) in [6.45, 7) is 5.39. The zero-order valence-corrected chi connectivity index (χ0v) is 18.7. The van der Waals surface area contributed by atoms with E-state index in [0.717, 1.165) is 33.9 Å². The lowest BCUT2D eigenvalue weighted by Gasteiger charge is -2.13. The number of rotatable bonds is 5. The Kier molecular flexibility index (Phi) is 5.63. The molecule has 0 aliphatic rings. The number of nitrogens with zero attached hydrogens (tertiary/aromatic N) is 7. The second kappa shape index (κ2) is 8.54. The molecule has 0 fully saturated rings. The Labute approximate surface area is 186 Å². The molecular formula is C23H24N8O. The van der Waals surface area contributed by atoms with Crippen molar-refractivity contribution in [3.05, 3.63) is 60.6 Å². The molecule has 0 saturated carbocycles. The molecular weight excluding hydrogens is 404 g/mol. The van der Waals surface area contributed by atoms with Gasteiger partial charge in [0.05, 0.1) is 17.6 Å². The minimum atomic E-state index is -0.212. The minimum Gasteiger partial charge on any atom is -0.363 e. The zero-order chi connectivity index (χ0) is 22.8. The molecule has 32 heavy (non-hydrogen) atoms. The third-order valence-corrected chi connectivity index (χ3v) is 5.04. The van der Waals surface area contributed by atoms with Gasteiger partial charge in [-0.05, 0) is 32.0 Å². The fourth-order valence-electron chi connectivity index (χ4n) is 3.56. The number of hydrogen-bond acceptors (Lipinski definition) is 7. The van der Waals surface area contributed by atoms with Crippen LogP contribution in [0.4, 0.5) is 11.6 Å². The van der Waals surface area contributed by atoms with Crippen molar-refractivity contribution in [1.29, 1.82) is 0 Å². The molecule has 4 heterocycles. The highest BCUT2D eigenvalue weighted by atomic mass is 16.1. The minimum absolute atomic E-state index is 0.212. The largest absolute Gasteiger partial charge is 0.363 e. The summed E-state index contributed by atoms with van der Waals surface area (Å²) < 4.78 is 1.79. The summed E-state index contributed by atoms with van der Waals surface area (Å²) in [5, 5.41) is 7.57. The van der Waals surface area contributed by atoms with Gasteiger partial charge in [0.1, 0.15) is 11.5 Å². The number of hydrogen-bond donors (Lipinski definition) is 1. The third-order valence-electron chi connectivity index (χ3n) is 5.04. The Morgan fingerprint density at radius 2 is 1.78 bits per heavy atom. The first-order chi connectivity index (χ1) is 15.3. The van der Waals surface area contributed by atoms with Gasteiger partial charge in [-0.2, -0.15) is 5.10 Å². The van der Waals surface area contributed by atoms with E-state index in [4.69, 9.17) is 5.10 Å². The first kappa shape index (κ1) is 21.1. The highest BCUT2D eigenvalue weighted by molar-refractivity contribution is 5.90. The summed E-state index contributed by atoms with van der Waals surface area (Å²) in [6.07, 6.45) is 8.42. The predicted octanol–water partition coefficient (Wildman–Crippen LogP) is 3.43. The Morgan fingerprint density at radius 1 is 1.00 bits per heavy atom. The summed E-state index contributed by atoms with van der Waals surface area (Å²) in [5.74, 6) is 1.09. The van der Waals surface area contributed by atoms with Crippen LogP contribution in [0.3, 0.4) is 0 Å². The molecule has 0 spiro atoms. The van der Waals surface area contributed by atoms with Crippen molar-refractivity contribution in [2.45, 2.75) is 20.8 Å². The van der Waals surface area contributed by atoms with E-state index in [-0.39, 0.29) is 5.91 Å². The van der Waals surface area contributed by atoms with Crippen LogP contribution < -0.4 is 10.2 Å². The van der Waals surface area contributed by atoms with Crippen LogP contribution in [0.5, 0.6) is 0 Å². The van der Waals surface area contributed by atoms with E-state index in [0.29, 0.717) is 17.2 Å². The molecule has 4 aromatic rings. The number of anilines is 2. The van der Waals surface area contributed by atoms with Crippen LogP contribution in [0.2, 0.25) is 0 Å². The summed E-state index contributed by atoms with van der Waals surface area (Å²) in [6, 6.07) is 5.91. The lowest BCUT2D eigenvalue weighted by molar-refractivity contribution is -0.114. The van der Waals surface area contributed by atoms with Crippen LogP contribution in [0.25, 0.3) is 28.1 Å². The molecule has 0 aliphatic carbocycles. The van der Waals surface area contributed by atoms with Crippen molar-refractivity contribution in [2.24, 2.45) is 0 Å². The monoisotopic (exact) mass is 428 g/mol. The van der Waals surface area contributed by atoms with E-state index in [1.54, 1.807) is 29.5 Å². The molecule has 0 bridgehead atoms. The number of carbonyl (C=O) groups excluding carboxylic acids is 1. The van der Waals surface area contributed by atoms with Gasteiger partial charge in [-0.15, -0.1) is 0 Å². The topological polar surface area (TPSA) is 102 Å². The van der Waals surface area contributed by atoms with Crippen LogP contribution in [-0.4, -0.2) is 49.7 Å². The quantitative estimate of drug-likeness (QED) is 0.520. The summed E-state index contributed by atoms with van der Waals surface area (Å²) in [5.41, 5.74) is 5.81. The molecule has 9 heteroatoms. The van der Waals surface area contributed by atoms with Gasteiger partial charge >= 0.3 is 0 Å². The van der Waals surface area contributed by atoms with Crippen LogP contribution >= 0.6 is 0 Å². The average Bonchev–Trinajstić information content (AvgIpc) is 3.08. The van der Waals surface area contributed by atoms with Gasteiger partial charge in [0.15, 0.2) is 5.82 Å². The third kappa shape index (κ3) is 4.04. The zero-order valence-electron chi connectivity index (χ0n) is 18.7. The van der Waals surface area contributed by atoms with E-state index in [2.05, 4.69) is 25.3 Å². The molecule has 4 rings (SSSR count). The first-order valence-corrected chi connectivity index (χ1v) is 10.1. The number of aromatic nitrogens is 6. The summed E-state index contributed by atoms with van der Waals surface area (Å²) in [4.78, 5) is 31.3. The van der Waals surface area contributed by atoms with E-state index in [9.17, 15) is 4.79 Å². The lowest BCUT2D eigenvalue weighted by atomic mass is 10.1. The van der Waals surface area contributed by atoms with Gasteiger partial charge < -0.3 is 10.2 Å². The maximum atomic E-state index is 11.8. The SMILES string of the molecule is CC(=O)Nc1ncc(-c2cnccn2)cc1-n1nc(C)c(-c2ccc(N(C)C)nc2)c1C. The van der Waals surface area contributed by atoms with Crippen LogP contribution in [0, 0.1) is 13.8 Å². The van der Waals surface area contributed by atoms with Crippen LogP contribution in [0.1, 0.15) is 18.3 Å². The van der Waals surface area contributed by atoms with Gasteiger partial charge in [-0.3, -0.25) is 14.8 Å². The van der Waals surface area contributed by atoms with Crippen LogP contribution in [0.15, 0.2) is 49.2 Å². The van der Waals surface area contributed by atoms with E-state index >= 15 is 0 Å². The fraction of sp³-hybridized carbons (Fsp3) is 0.217. The lowest BCUT2D eigenvalue weighted by Crippen LogP contribution is -2.12. The first-order valence-electron chi connectivity index (χ1n) is 10.1. The number of amides is 1. The molecule has 9 nitrogen and oxygen atoms in total. The maximum absolute atomic E-state index is 11.8. The number of nitrogens with one attached hydrogen (secondary N) is 1. The molecule has 0 aliphatic heterocycles. The van der Waals surface area contributed by atoms with Gasteiger partial charge in [0, 0.05) is 68.2 Å². The molecule has 4 aromatic heterocycles. The van der Waals surface area contributed by atoms with Gasteiger partial charge in [0.25, 0.3) is 0 Å². The molecule has 162 valence electrons. The molecule has 0 aromatic carbocycles. The predicted molar refractivity (Wildman–Crippen MR) is 124 cm³/mol. The number of aryl methyl sites for hydroxylation is 1. The highest BCUT2D eigenvalue weighted by Gasteiger charge is 2.19. The van der Waals surface area contributed by atoms with Crippen LogP contribution in [-0.2, 0) is 4.79 Å². The smallest absolute Gasteiger partial charge is 0.222 e. The van der Waals surface area contributed by atoms with E-state index < -0.39 is 0 Å². The Hall–Kier alpha value is -4.14. The Bertz CT molecular complexity index is 1260. The molecule has 1 N–H and O–H groups in total. The van der Waals surface area contributed by atoms with Gasteiger partial charge in [0.2, 0.25) is 5.91 Å². The Morgan fingerprint density at radius 3 is 2.41 bits per heavy atom. The molecule has 0 radical (unpaired) electrons. The highest BCUT2D eigenvalue weighted by Crippen LogP contribution is 2.32. The van der Waals surface area contributed by atoms with E-state index in [1.807, 2.05) is 57.2 Å². The van der Waals surface area contributed by atoms with Crippen molar-refractivity contribution in [2.75, 3.05) is 24.3 Å². The van der Waals surface area contributed by atoms with Gasteiger partial charge in [-0.25, -0.2) is 14.6 Å². The molecule has 0 atom stereocenters. The van der Waals surface area contributed by atoms with Crippen molar-refractivity contribution >= 4 is 17.5 Å². The van der Waals surface area contributed by atoms with E-state index in [1.165, 1.54) is 6.92 Å². The second-order valence-corrected chi connectivity index (χ2v) is 7.62. The average molecular weight is 429 g/mol.